The first-order valence-electron chi connectivity index (χ1n) is 15.4. The van der Waals surface area contributed by atoms with Crippen LogP contribution >= 0.6 is 0 Å². The summed E-state index contributed by atoms with van der Waals surface area (Å²) in [5.74, 6) is -0.804. The van der Waals surface area contributed by atoms with E-state index in [1.807, 2.05) is 68.5 Å². The Morgan fingerprint density at radius 1 is 1.14 bits per heavy atom. The number of aliphatic hydroxyl groups is 1. The number of amides is 3. The molecule has 4 heterocycles. The van der Waals surface area contributed by atoms with Crippen LogP contribution < -0.4 is 15.1 Å². The fourth-order valence-electron chi connectivity index (χ4n) is 7.88. The van der Waals surface area contributed by atoms with Crippen molar-refractivity contribution in [3.63, 3.8) is 0 Å². The van der Waals surface area contributed by atoms with Gasteiger partial charge in [-0.25, -0.2) is 0 Å². The number of carbonyl (C=O) groups is 3. The largest absolute Gasteiger partial charge is 0.432 e. The standard InChI is InChI=1S/C32H42N4O6Si/c1-21-30(43(2,3)41)27(17-28(38)34-14-7-10-24(34)20-37)42-32(21)25-16-23(35-15-13-33-18-29(35)39)11-12-26(25)36(31(32)40)19-22-8-5-4-6-9-22/h4-6,8-9,11-12,16,21,24,27,30,33,37,41H,7,10,13-15,17-20H2,1-3H3/t21-,24-,27+,30-,32+/m0/s1. The molecule has 43 heavy (non-hydrogen) atoms. The highest BCUT2D eigenvalue weighted by molar-refractivity contribution is 6.71. The van der Waals surface area contributed by atoms with Crippen LogP contribution in [-0.2, 0) is 31.3 Å². The summed E-state index contributed by atoms with van der Waals surface area (Å²) < 4.78 is 6.89. The van der Waals surface area contributed by atoms with Crippen LogP contribution in [-0.4, -0.2) is 85.8 Å². The van der Waals surface area contributed by atoms with Crippen LogP contribution in [0.4, 0.5) is 11.4 Å². The van der Waals surface area contributed by atoms with Gasteiger partial charge in [-0.15, -0.1) is 0 Å². The lowest BCUT2D eigenvalue weighted by Crippen LogP contribution is -2.48. The number of nitrogens with zero attached hydrogens (tertiary/aromatic N) is 3. The Morgan fingerprint density at radius 2 is 1.91 bits per heavy atom. The summed E-state index contributed by atoms with van der Waals surface area (Å²) >= 11 is 0. The monoisotopic (exact) mass is 606 g/mol. The number of hydrogen-bond donors (Lipinski definition) is 3. The summed E-state index contributed by atoms with van der Waals surface area (Å²) in [5.41, 5.74) is 1.25. The highest BCUT2D eigenvalue weighted by atomic mass is 28.4. The van der Waals surface area contributed by atoms with E-state index < -0.39 is 31.5 Å². The molecule has 3 fully saturated rings. The molecule has 0 unspecified atom stereocenters. The van der Waals surface area contributed by atoms with Crippen LogP contribution in [0, 0.1) is 5.92 Å². The number of benzene rings is 2. The van der Waals surface area contributed by atoms with Gasteiger partial charge in [0.25, 0.3) is 5.91 Å². The summed E-state index contributed by atoms with van der Waals surface area (Å²) in [7, 11) is -2.97. The fourth-order valence-corrected chi connectivity index (χ4v) is 10.4. The van der Waals surface area contributed by atoms with Crippen LogP contribution in [0.3, 0.4) is 0 Å². The highest BCUT2D eigenvalue weighted by Gasteiger charge is 2.66. The molecule has 2 aromatic rings. The minimum absolute atomic E-state index is 0.0293. The van der Waals surface area contributed by atoms with Crippen molar-refractivity contribution in [3.05, 3.63) is 59.7 Å². The fraction of sp³-hybridized carbons (Fsp3) is 0.531. The van der Waals surface area contributed by atoms with Crippen LogP contribution in [0.15, 0.2) is 48.5 Å². The van der Waals surface area contributed by atoms with E-state index in [-0.39, 0.29) is 43.3 Å². The third kappa shape index (κ3) is 5.10. The van der Waals surface area contributed by atoms with E-state index in [1.54, 1.807) is 14.7 Å². The lowest BCUT2D eigenvalue weighted by molar-refractivity contribution is -0.150. The summed E-state index contributed by atoms with van der Waals surface area (Å²) in [4.78, 5) is 58.0. The number of carbonyl (C=O) groups excluding carboxylic acids is 3. The average Bonchev–Trinajstić information content (AvgIpc) is 3.64. The van der Waals surface area contributed by atoms with E-state index in [2.05, 4.69) is 5.32 Å². The second-order valence-electron chi connectivity index (χ2n) is 12.9. The molecule has 3 saturated heterocycles. The SMILES string of the molecule is C[C@H]1[C@H]([Si](C)(C)O)[C@@H](CC(=O)N2CCC[C@H]2CO)O[C@]12C(=O)N(Cc1ccccc1)c1ccc(N3CCNCC3=O)cc12. The van der Waals surface area contributed by atoms with Gasteiger partial charge in [0.1, 0.15) is 0 Å². The van der Waals surface area contributed by atoms with Gasteiger partial charge < -0.3 is 34.7 Å². The predicted molar refractivity (Wildman–Crippen MR) is 165 cm³/mol. The predicted octanol–water partition coefficient (Wildman–Crippen LogP) is 2.34. The maximum atomic E-state index is 14.7. The Hall–Kier alpha value is -3.09. The Balaban J connectivity index is 1.43. The van der Waals surface area contributed by atoms with E-state index in [1.165, 1.54) is 0 Å². The summed E-state index contributed by atoms with van der Waals surface area (Å²) in [6.07, 6.45) is 0.944. The normalized spacial score (nSPS) is 29.2. The van der Waals surface area contributed by atoms with Gasteiger partial charge in [-0.1, -0.05) is 37.3 Å². The molecule has 4 aliphatic heterocycles. The zero-order chi connectivity index (χ0) is 30.5. The van der Waals surface area contributed by atoms with Crippen molar-refractivity contribution in [2.45, 2.75) is 69.1 Å². The summed E-state index contributed by atoms with van der Waals surface area (Å²) in [6.45, 7) is 7.92. The number of nitrogens with one attached hydrogen (secondary N) is 1. The number of likely N-dealkylation sites (tertiary alicyclic amines) is 1. The highest BCUT2D eigenvalue weighted by Crippen LogP contribution is 2.60. The molecule has 0 radical (unpaired) electrons. The van der Waals surface area contributed by atoms with Crippen LogP contribution in [0.1, 0.15) is 37.3 Å². The number of aliphatic hydroxyl groups excluding tert-OH is 1. The van der Waals surface area contributed by atoms with Crippen molar-refractivity contribution in [1.29, 1.82) is 0 Å². The van der Waals surface area contributed by atoms with Crippen LogP contribution in [0.25, 0.3) is 0 Å². The summed E-state index contributed by atoms with van der Waals surface area (Å²) in [6, 6.07) is 15.3. The lowest BCUT2D eigenvalue weighted by Gasteiger charge is -2.33. The second-order valence-corrected chi connectivity index (χ2v) is 16.9. The molecule has 5 atom stereocenters. The molecule has 3 N–H and O–H groups in total. The molecule has 11 heteroatoms. The van der Waals surface area contributed by atoms with Crippen LogP contribution in [0.5, 0.6) is 0 Å². The quantitative estimate of drug-likeness (QED) is 0.414. The van der Waals surface area contributed by atoms with Gasteiger partial charge in [-0.05, 0) is 49.7 Å². The molecule has 10 nitrogen and oxygen atoms in total. The van der Waals surface area contributed by atoms with Crippen molar-refractivity contribution >= 4 is 37.4 Å². The smallest absolute Gasteiger partial charge is 0.264 e. The van der Waals surface area contributed by atoms with Gasteiger partial charge in [0.15, 0.2) is 13.9 Å². The molecule has 0 aliphatic carbocycles. The van der Waals surface area contributed by atoms with Crippen molar-refractivity contribution in [1.82, 2.24) is 10.2 Å². The van der Waals surface area contributed by atoms with Crippen LogP contribution in [0.2, 0.25) is 18.6 Å². The first-order valence-corrected chi connectivity index (χ1v) is 18.4. The molecular formula is C32H42N4O6Si. The average molecular weight is 607 g/mol. The number of ether oxygens (including phenoxy) is 1. The number of anilines is 2. The number of hydrogen-bond acceptors (Lipinski definition) is 7. The topological polar surface area (TPSA) is 123 Å². The minimum Gasteiger partial charge on any atom is -0.432 e. The van der Waals surface area contributed by atoms with E-state index in [0.29, 0.717) is 37.4 Å². The number of fused-ring (bicyclic) bond motifs is 2. The van der Waals surface area contributed by atoms with Crippen molar-refractivity contribution < 1.29 is 29.0 Å². The van der Waals surface area contributed by atoms with Gasteiger partial charge in [0.05, 0.1) is 44.0 Å². The van der Waals surface area contributed by atoms with Gasteiger partial charge in [0.2, 0.25) is 11.8 Å². The molecule has 4 aliphatic rings. The zero-order valence-corrected chi connectivity index (χ0v) is 26.2. The number of rotatable bonds is 7. The maximum Gasteiger partial charge on any atom is 0.264 e. The van der Waals surface area contributed by atoms with Gasteiger partial charge in [-0.3, -0.25) is 14.4 Å². The van der Waals surface area contributed by atoms with E-state index in [9.17, 15) is 24.3 Å². The second kappa shape index (κ2) is 11.4. The molecule has 0 aromatic heterocycles. The lowest BCUT2D eigenvalue weighted by atomic mass is 9.82. The molecule has 0 bridgehead atoms. The molecule has 1 spiro atoms. The Bertz CT molecular complexity index is 1400. The molecular weight excluding hydrogens is 564 g/mol. The van der Waals surface area contributed by atoms with Gasteiger partial charge in [0, 0.05) is 42.3 Å². The molecule has 0 saturated carbocycles. The summed E-state index contributed by atoms with van der Waals surface area (Å²) in [5, 5.41) is 13.0. The van der Waals surface area contributed by atoms with E-state index in [4.69, 9.17) is 4.74 Å². The van der Waals surface area contributed by atoms with E-state index in [0.717, 1.165) is 24.1 Å². The van der Waals surface area contributed by atoms with Crippen molar-refractivity contribution in [2.75, 3.05) is 42.6 Å². The first kappa shape index (κ1) is 30.0. The molecule has 6 rings (SSSR count). The first-order chi connectivity index (χ1) is 20.6. The molecule has 230 valence electrons. The molecule has 2 aromatic carbocycles. The number of piperazine rings is 1. The Labute approximate surface area is 253 Å². The molecule has 3 amide bonds. The maximum absolute atomic E-state index is 14.7. The Kier molecular flexibility index (Phi) is 7.97. The van der Waals surface area contributed by atoms with Gasteiger partial charge in [-0.2, -0.15) is 0 Å². The Morgan fingerprint density at radius 3 is 2.60 bits per heavy atom. The third-order valence-electron chi connectivity index (χ3n) is 9.84. The van der Waals surface area contributed by atoms with E-state index >= 15 is 0 Å². The third-order valence-corrected chi connectivity index (χ3v) is 12.3. The zero-order valence-electron chi connectivity index (χ0n) is 25.2. The minimum atomic E-state index is -2.97. The van der Waals surface area contributed by atoms with Gasteiger partial charge >= 0.3 is 0 Å². The van der Waals surface area contributed by atoms with Crippen molar-refractivity contribution in [3.8, 4) is 0 Å². The van der Waals surface area contributed by atoms with Crippen molar-refractivity contribution in [2.24, 2.45) is 5.92 Å².